The first-order valence-electron chi connectivity index (χ1n) is 5.78. The lowest BCUT2D eigenvalue weighted by Crippen LogP contribution is -2.14. The van der Waals surface area contributed by atoms with E-state index in [4.69, 9.17) is 11.6 Å². The van der Waals surface area contributed by atoms with Gasteiger partial charge in [0.05, 0.1) is 6.07 Å². The topological polar surface area (TPSA) is 40.9 Å². The highest BCUT2D eigenvalue weighted by Crippen LogP contribution is 2.27. The molecule has 2 aromatic carbocycles. The lowest BCUT2D eigenvalue weighted by molar-refractivity contribution is 0.0976. The number of Topliss-reactive ketones (excluding diaryl/α,β-unsaturated/α-hetero) is 1. The molecule has 0 radical (unpaired) electrons. The molecule has 1 unspecified atom stereocenters. The van der Waals surface area contributed by atoms with E-state index in [1.807, 2.05) is 22.6 Å². The SMILES string of the molecule is N#CC(C(=O)c1cc(Cl)ccc1I)c1ccc(F)cc1F. The van der Waals surface area contributed by atoms with Crippen LogP contribution in [0.2, 0.25) is 5.02 Å². The average Bonchev–Trinajstić information content (AvgIpc) is 2.44. The number of ketones is 1. The number of benzene rings is 2. The average molecular weight is 418 g/mol. The Bertz CT molecular complexity index is 758. The summed E-state index contributed by atoms with van der Waals surface area (Å²) >= 11 is 7.78. The van der Waals surface area contributed by atoms with Gasteiger partial charge in [-0.15, -0.1) is 0 Å². The van der Waals surface area contributed by atoms with Crippen LogP contribution in [0.1, 0.15) is 21.8 Å². The number of nitrogens with zero attached hydrogens (tertiary/aromatic N) is 1. The minimum atomic E-state index is -1.35. The monoisotopic (exact) mass is 417 g/mol. The summed E-state index contributed by atoms with van der Waals surface area (Å²) in [6.07, 6.45) is 0. The molecule has 6 heteroatoms. The second kappa shape index (κ2) is 6.50. The van der Waals surface area contributed by atoms with Gasteiger partial charge in [-0.3, -0.25) is 4.79 Å². The Labute approximate surface area is 138 Å². The lowest BCUT2D eigenvalue weighted by atomic mass is 9.91. The Kier molecular flexibility index (Phi) is 4.91. The maximum atomic E-state index is 13.8. The molecule has 0 heterocycles. The highest BCUT2D eigenvalue weighted by Gasteiger charge is 2.26. The highest BCUT2D eigenvalue weighted by molar-refractivity contribution is 14.1. The first kappa shape index (κ1) is 15.9. The predicted molar refractivity (Wildman–Crippen MR) is 83.2 cm³/mol. The number of carbonyl (C=O) groups is 1. The molecule has 1 atom stereocenters. The van der Waals surface area contributed by atoms with Gasteiger partial charge in [-0.05, 0) is 46.9 Å². The minimum Gasteiger partial charge on any atom is -0.292 e. The molecule has 21 heavy (non-hydrogen) atoms. The van der Waals surface area contributed by atoms with E-state index in [2.05, 4.69) is 0 Å². The summed E-state index contributed by atoms with van der Waals surface area (Å²) in [5.41, 5.74) is 0.0815. The Morgan fingerprint density at radius 3 is 2.57 bits per heavy atom. The van der Waals surface area contributed by atoms with E-state index >= 15 is 0 Å². The van der Waals surface area contributed by atoms with Crippen LogP contribution >= 0.6 is 34.2 Å². The molecule has 0 aliphatic heterocycles. The fraction of sp³-hybridized carbons (Fsp3) is 0.0667. The van der Waals surface area contributed by atoms with Gasteiger partial charge in [-0.1, -0.05) is 17.7 Å². The fourth-order valence-electron chi connectivity index (χ4n) is 1.85. The number of hydrogen-bond acceptors (Lipinski definition) is 2. The number of rotatable bonds is 3. The summed E-state index contributed by atoms with van der Waals surface area (Å²) in [5.74, 6) is -3.61. The first-order chi connectivity index (χ1) is 9.93. The molecule has 0 N–H and O–H groups in total. The van der Waals surface area contributed by atoms with Crippen molar-refractivity contribution in [3.63, 3.8) is 0 Å². The van der Waals surface area contributed by atoms with Crippen LogP contribution in [0.3, 0.4) is 0 Å². The van der Waals surface area contributed by atoms with Gasteiger partial charge < -0.3 is 0 Å². The van der Waals surface area contributed by atoms with Gasteiger partial charge in [0.25, 0.3) is 0 Å². The first-order valence-corrected chi connectivity index (χ1v) is 7.23. The smallest absolute Gasteiger partial charge is 0.185 e. The van der Waals surface area contributed by atoms with E-state index in [0.29, 0.717) is 14.7 Å². The molecule has 0 amide bonds. The maximum absolute atomic E-state index is 13.8. The molecule has 2 nitrogen and oxygen atoms in total. The van der Waals surface area contributed by atoms with Crippen LogP contribution in [0, 0.1) is 26.5 Å². The zero-order valence-electron chi connectivity index (χ0n) is 10.4. The van der Waals surface area contributed by atoms with E-state index in [-0.39, 0.29) is 11.1 Å². The molecule has 106 valence electrons. The van der Waals surface area contributed by atoms with Crippen molar-refractivity contribution >= 4 is 40.0 Å². The van der Waals surface area contributed by atoms with E-state index in [1.165, 1.54) is 6.07 Å². The number of nitriles is 1. The van der Waals surface area contributed by atoms with E-state index in [0.717, 1.165) is 12.1 Å². The van der Waals surface area contributed by atoms with Crippen molar-refractivity contribution < 1.29 is 13.6 Å². The zero-order valence-corrected chi connectivity index (χ0v) is 13.3. The third-order valence-electron chi connectivity index (χ3n) is 2.86. The largest absolute Gasteiger partial charge is 0.292 e. The maximum Gasteiger partial charge on any atom is 0.185 e. The summed E-state index contributed by atoms with van der Waals surface area (Å²) in [4.78, 5) is 12.4. The van der Waals surface area contributed by atoms with Gasteiger partial charge in [0.2, 0.25) is 0 Å². The van der Waals surface area contributed by atoms with E-state index in [1.54, 1.807) is 18.2 Å². The van der Waals surface area contributed by atoms with Crippen molar-refractivity contribution in [1.29, 1.82) is 5.26 Å². The molecule has 0 spiro atoms. The van der Waals surface area contributed by atoms with Gasteiger partial charge in [-0.2, -0.15) is 5.26 Å². The molecule has 0 saturated heterocycles. The van der Waals surface area contributed by atoms with E-state index in [9.17, 15) is 18.8 Å². The molecule has 2 rings (SSSR count). The van der Waals surface area contributed by atoms with Crippen molar-refractivity contribution in [3.05, 3.63) is 67.8 Å². The molecule has 0 aliphatic rings. The quantitative estimate of drug-likeness (QED) is 0.536. The molecule has 2 aromatic rings. The molecule has 0 fully saturated rings. The number of hydrogen-bond donors (Lipinski definition) is 0. The van der Waals surface area contributed by atoms with Crippen molar-refractivity contribution in [2.75, 3.05) is 0 Å². The van der Waals surface area contributed by atoms with Crippen LogP contribution in [0.25, 0.3) is 0 Å². The van der Waals surface area contributed by atoms with Crippen LogP contribution in [0.15, 0.2) is 36.4 Å². The van der Waals surface area contributed by atoms with Crippen LogP contribution in [-0.4, -0.2) is 5.78 Å². The number of halogens is 4. The van der Waals surface area contributed by atoms with Crippen molar-refractivity contribution in [2.45, 2.75) is 5.92 Å². The summed E-state index contributed by atoms with van der Waals surface area (Å²) in [6.45, 7) is 0. The third kappa shape index (κ3) is 3.39. The summed E-state index contributed by atoms with van der Waals surface area (Å²) in [5, 5.41) is 9.54. The van der Waals surface area contributed by atoms with Crippen LogP contribution in [0.4, 0.5) is 8.78 Å². The van der Waals surface area contributed by atoms with Crippen molar-refractivity contribution in [3.8, 4) is 6.07 Å². The van der Waals surface area contributed by atoms with Crippen LogP contribution in [0.5, 0.6) is 0 Å². The molecular formula is C15H7ClF2INO. The second-order valence-corrected chi connectivity index (χ2v) is 5.81. The molecule has 0 bridgehead atoms. The fourth-order valence-corrected chi connectivity index (χ4v) is 2.62. The normalized spacial score (nSPS) is 11.8. The zero-order chi connectivity index (χ0) is 15.6. The standard InChI is InChI=1S/C15H7ClF2INO/c16-8-1-4-14(19)11(5-8)15(21)12(7-20)10-3-2-9(17)6-13(10)18/h1-6,12H. The highest BCUT2D eigenvalue weighted by atomic mass is 127. The van der Waals surface area contributed by atoms with E-state index < -0.39 is 23.3 Å². The predicted octanol–water partition coefficient (Wildman–Crippen LogP) is 4.71. The number of carbonyl (C=O) groups excluding carboxylic acids is 1. The van der Waals surface area contributed by atoms with Gasteiger partial charge in [0, 0.05) is 25.8 Å². The van der Waals surface area contributed by atoms with Gasteiger partial charge in [-0.25, -0.2) is 8.78 Å². The molecule has 0 aliphatic carbocycles. The Morgan fingerprint density at radius 1 is 1.24 bits per heavy atom. The molecular weight excluding hydrogens is 411 g/mol. The van der Waals surface area contributed by atoms with Crippen molar-refractivity contribution in [1.82, 2.24) is 0 Å². The summed E-state index contributed by atoms with van der Waals surface area (Å²) in [7, 11) is 0. The Hall–Kier alpha value is -1.52. The molecule has 0 aromatic heterocycles. The van der Waals surface area contributed by atoms with Crippen LogP contribution < -0.4 is 0 Å². The summed E-state index contributed by atoms with van der Waals surface area (Å²) < 4.78 is 27.3. The summed E-state index contributed by atoms with van der Waals surface area (Å²) in [6, 6.07) is 9.20. The van der Waals surface area contributed by atoms with Crippen molar-refractivity contribution in [2.24, 2.45) is 0 Å². The van der Waals surface area contributed by atoms with Gasteiger partial charge >= 0.3 is 0 Å². The lowest BCUT2D eigenvalue weighted by Gasteiger charge is -2.11. The van der Waals surface area contributed by atoms with Crippen LogP contribution in [-0.2, 0) is 0 Å². The molecule has 0 saturated carbocycles. The Morgan fingerprint density at radius 2 is 1.95 bits per heavy atom. The van der Waals surface area contributed by atoms with Gasteiger partial charge in [0.15, 0.2) is 5.78 Å². The second-order valence-electron chi connectivity index (χ2n) is 4.22. The minimum absolute atomic E-state index is 0.153. The van der Waals surface area contributed by atoms with Gasteiger partial charge in [0.1, 0.15) is 17.6 Å². The Balaban J connectivity index is 2.49. The third-order valence-corrected chi connectivity index (χ3v) is 4.03.